The first-order valence-electron chi connectivity index (χ1n) is 7.14. The Bertz CT molecular complexity index is 254. The fourth-order valence-electron chi connectivity index (χ4n) is 2.38. The van der Waals surface area contributed by atoms with E-state index in [-0.39, 0.29) is 0 Å². The number of hydrogen-bond acceptors (Lipinski definition) is 3. The third-order valence-corrected chi connectivity index (χ3v) is 5.01. The van der Waals surface area contributed by atoms with Gasteiger partial charge in [-0.2, -0.15) is 11.8 Å². The van der Waals surface area contributed by atoms with Crippen molar-refractivity contribution in [3.05, 3.63) is 0 Å². The van der Waals surface area contributed by atoms with Gasteiger partial charge in [0.2, 0.25) is 0 Å². The van der Waals surface area contributed by atoms with Crippen LogP contribution in [0.2, 0.25) is 0 Å². The maximum atomic E-state index is 11.3. The summed E-state index contributed by atoms with van der Waals surface area (Å²) in [4.78, 5) is 11.3. The van der Waals surface area contributed by atoms with E-state index in [4.69, 9.17) is 0 Å². The Hall–Kier alpha value is -0.220. The second-order valence-electron chi connectivity index (χ2n) is 5.54. The van der Waals surface area contributed by atoms with E-state index in [9.17, 15) is 9.90 Å². The van der Waals surface area contributed by atoms with Crippen molar-refractivity contribution in [1.82, 2.24) is 5.32 Å². The van der Waals surface area contributed by atoms with Crippen molar-refractivity contribution >= 4 is 17.7 Å². The molecule has 1 atom stereocenters. The first-order chi connectivity index (χ1) is 8.58. The second-order valence-corrected chi connectivity index (χ2v) is 6.69. The van der Waals surface area contributed by atoms with E-state index in [1.807, 2.05) is 11.8 Å². The zero-order valence-electron chi connectivity index (χ0n) is 11.7. The van der Waals surface area contributed by atoms with Crippen molar-refractivity contribution < 1.29 is 9.90 Å². The first-order valence-corrected chi connectivity index (χ1v) is 8.30. The number of carbonyl (C=O) groups is 1. The maximum absolute atomic E-state index is 11.3. The normalized spacial score (nSPS) is 19.9. The molecule has 1 saturated carbocycles. The van der Waals surface area contributed by atoms with Gasteiger partial charge in [-0.25, -0.2) is 0 Å². The summed E-state index contributed by atoms with van der Waals surface area (Å²) in [6, 6.07) is 0. The molecule has 0 saturated heterocycles. The van der Waals surface area contributed by atoms with Crippen molar-refractivity contribution in [1.29, 1.82) is 0 Å². The van der Waals surface area contributed by atoms with Crippen molar-refractivity contribution in [3.8, 4) is 0 Å². The molecule has 0 aromatic rings. The minimum Gasteiger partial charge on any atom is -0.480 e. The predicted octanol–water partition coefficient (Wildman–Crippen LogP) is 3.14. The number of carboxylic acids is 1. The van der Waals surface area contributed by atoms with Crippen LogP contribution in [-0.2, 0) is 4.79 Å². The zero-order chi connectivity index (χ0) is 13.4. The molecule has 2 N–H and O–H groups in total. The number of rotatable bonds is 9. The van der Waals surface area contributed by atoms with Gasteiger partial charge >= 0.3 is 5.97 Å². The highest BCUT2D eigenvalue weighted by atomic mass is 32.2. The molecule has 1 aliphatic carbocycles. The van der Waals surface area contributed by atoms with Crippen LogP contribution >= 0.6 is 11.8 Å². The topological polar surface area (TPSA) is 49.3 Å². The smallest absolute Gasteiger partial charge is 0.323 e. The lowest BCUT2D eigenvalue weighted by Gasteiger charge is -2.26. The van der Waals surface area contributed by atoms with E-state index in [0.29, 0.717) is 6.42 Å². The van der Waals surface area contributed by atoms with E-state index in [2.05, 4.69) is 12.2 Å². The minimum atomic E-state index is -0.751. The zero-order valence-corrected chi connectivity index (χ0v) is 12.5. The quantitative estimate of drug-likeness (QED) is 0.634. The molecule has 0 aromatic carbocycles. The molecule has 1 aliphatic rings. The summed E-state index contributed by atoms with van der Waals surface area (Å²) in [5, 5.41) is 12.5. The van der Waals surface area contributed by atoms with Crippen molar-refractivity contribution in [2.75, 3.05) is 18.1 Å². The van der Waals surface area contributed by atoms with E-state index in [1.165, 1.54) is 31.4 Å². The first kappa shape index (κ1) is 15.8. The summed E-state index contributed by atoms with van der Waals surface area (Å²) in [5.41, 5.74) is -0.751. The van der Waals surface area contributed by atoms with Crippen LogP contribution in [0.15, 0.2) is 0 Å². The monoisotopic (exact) mass is 273 g/mol. The lowest BCUT2D eigenvalue weighted by atomic mass is 9.99. The van der Waals surface area contributed by atoms with Gasteiger partial charge in [0.05, 0.1) is 0 Å². The number of thioether (sulfide) groups is 1. The molecule has 1 rings (SSSR count). The Morgan fingerprint density at radius 3 is 2.67 bits per heavy atom. The molecule has 0 spiro atoms. The summed E-state index contributed by atoms with van der Waals surface area (Å²) in [5.74, 6) is 2.31. The molecule has 3 nitrogen and oxygen atoms in total. The third kappa shape index (κ3) is 5.19. The van der Waals surface area contributed by atoms with Crippen LogP contribution in [0.1, 0.15) is 52.4 Å². The summed E-state index contributed by atoms with van der Waals surface area (Å²) in [6.45, 7) is 4.64. The van der Waals surface area contributed by atoms with E-state index in [0.717, 1.165) is 24.6 Å². The van der Waals surface area contributed by atoms with Gasteiger partial charge in [0.15, 0.2) is 0 Å². The molecule has 0 heterocycles. The van der Waals surface area contributed by atoms with Gasteiger partial charge in [-0.05, 0) is 56.6 Å². The van der Waals surface area contributed by atoms with Crippen LogP contribution < -0.4 is 5.32 Å². The number of carboxylic acid groups (broad SMARTS) is 1. The standard InChI is InChI=1S/C14H27NO2S/c1-3-9-15-14(2,13(16)17)8-10-18-11-12-6-4-5-7-12/h12,15H,3-11H2,1-2H3,(H,16,17). The lowest BCUT2D eigenvalue weighted by Crippen LogP contribution is -2.50. The Labute approximate surface area is 115 Å². The fourth-order valence-corrected chi connectivity index (χ4v) is 3.76. The Morgan fingerprint density at radius 1 is 1.44 bits per heavy atom. The minimum absolute atomic E-state index is 0.708. The van der Waals surface area contributed by atoms with Crippen LogP contribution in [0.5, 0.6) is 0 Å². The van der Waals surface area contributed by atoms with E-state index >= 15 is 0 Å². The second kappa shape index (κ2) is 8.05. The van der Waals surface area contributed by atoms with Gasteiger partial charge in [0.25, 0.3) is 0 Å². The van der Waals surface area contributed by atoms with Gasteiger partial charge in [-0.3, -0.25) is 4.79 Å². The van der Waals surface area contributed by atoms with Crippen LogP contribution in [0.3, 0.4) is 0 Å². The number of aliphatic carboxylic acids is 1. The van der Waals surface area contributed by atoms with E-state index < -0.39 is 11.5 Å². The van der Waals surface area contributed by atoms with Gasteiger partial charge in [-0.1, -0.05) is 19.8 Å². The molecule has 0 radical (unpaired) electrons. The molecular formula is C14H27NO2S. The van der Waals surface area contributed by atoms with Gasteiger partial charge in [-0.15, -0.1) is 0 Å². The summed E-state index contributed by atoms with van der Waals surface area (Å²) < 4.78 is 0. The van der Waals surface area contributed by atoms with Crippen LogP contribution in [-0.4, -0.2) is 34.7 Å². The van der Waals surface area contributed by atoms with Gasteiger partial charge < -0.3 is 10.4 Å². The Kier molecular flexibility index (Phi) is 7.08. The largest absolute Gasteiger partial charge is 0.480 e. The highest BCUT2D eigenvalue weighted by Crippen LogP contribution is 2.28. The number of hydrogen-bond donors (Lipinski definition) is 2. The van der Waals surface area contributed by atoms with E-state index in [1.54, 1.807) is 6.92 Å². The molecule has 0 aliphatic heterocycles. The highest BCUT2D eigenvalue weighted by Gasteiger charge is 2.31. The molecule has 0 bridgehead atoms. The molecule has 18 heavy (non-hydrogen) atoms. The Morgan fingerprint density at radius 2 is 2.11 bits per heavy atom. The molecule has 1 fully saturated rings. The highest BCUT2D eigenvalue weighted by molar-refractivity contribution is 7.99. The average Bonchev–Trinajstić information content (AvgIpc) is 2.85. The predicted molar refractivity (Wildman–Crippen MR) is 78.2 cm³/mol. The van der Waals surface area contributed by atoms with Crippen LogP contribution in [0, 0.1) is 5.92 Å². The van der Waals surface area contributed by atoms with Crippen LogP contribution in [0.4, 0.5) is 0 Å². The third-order valence-electron chi connectivity index (χ3n) is 3.81. The summed E-state index contributed by atoms with van der Waals surface area (Å²) in [7, 11) is 0. The van der Waals surface area contributed by atoms with Gasteiger partial charge in [0, 0.05) is 0 Å². The molecule has 0 amide bonds. The number of nitrogens with one attached hydrogen (secondary N) is 1. The van der Waals surface area contributed by atoms with Crippen molar-refractivity contribution in [2.24, 2.45) is 5.92 Å². The molecule has 1 unspecified atom stereocenters. The molecular weight excluding hydrogens is 246 g/mol. The Balaban J connectivity index is 2.21. The van der Waals surface area contributed by atoms with Gasteiger partial charge in [0.1, 0.15) is 5.54 Å². The summed E-state index contributed by atoms with van der Waals surface area (Å²) in [6.07, 6.45) is 7.19. The fraction of sp³-hybridized carbons (Fsp3) is 0.929. The van der Waals surface area contributed by atoms with Crippen molar-refractivity contribution in [2.45, 2.75) is 57.9 Å². The van der Waals surface area contributed by atoms with Crippen molar-refractivity contribution in [3.63, 3.8) is 0 Å². The summed E-state index contributed by atoms with van der Waals surface area (Å²) >= 11 is 1.92. The SMILES string of the molecule is CCCNC(C)(CCSCC1CCCC1)C(=O)O. The maximum Gasteiger partial charge on any atom is 0.323 e. The molecule has 4 heteroatoms. The molecule has 106 valence electrons. The lowest BCUT2D eigenvalue weighted by molar-refractivity contribution is -0.144. The van der Waals surface area contributed by atoms with Crippen LogP contribution in [0.25, 0.3) is 0 Å². The average molecular weight is 273 g/mol. The molecule has 0 aromatic heterocycles.